The molecule has 2 aliphatic heterocycles. The summed E-state index contributed by atoms with van der Waals surface area (Å²) in [5.74, 6) is 0. The van der Waals surface area contributed by atoms with Gasteiger partial charge in [-0.3, -0.25) is 0 Å². The van der Waals surface area contributed by atoms with E-state index in [1.807, 2.05) is 0 Å². The zero-order valence-electron chi connectivity index (χ0n) is 10.5. The zero-order valence-corrected chi connectivity index (χ0v) is 10.5. The highest BCUT2D eigenvalue weighted by atomic mass is 15.2. The van der Waals surface area contributed by atoms with Crippen molar-refractivity contribution in [3.8, 4) is 0 Å². The van der Waals surface area contributed by atoms with Gasteiger partial charge in [0, 0.05) is 24.8 Å². The van der Waals surface area contributed by atoms with Crippen LogP contribution in [0.4, 0.5) is 5.69 Å². The highest BCUT2D eigenvalue weighted by Gasteiger charge is 2.20. The highest BCUT2D eigenvalue weighted by molar-refractivity contribution is 5.54. The van der Waals surface area contributed by atoms with E-state index in [4.69, 9.17) is 0 Å². The summed E-state index contributed by atoms with van der Waals surface area (Å²) in [6.07, 6.45) is 6.62. The predicted octanol–water partition coefficient (Wildman–Crippen LogP) is 2.58. The third kappa shape index (κ3) is 2.47. The molecule has 17 heavy (non-hydrogen) atoms. The Balaban J connectivity index is 1.78. The van der Waals surface area contributed by atoms with Crippen LogP contribution in [0.1, 0.15) is 31.2 Å². The fourth-order valence-electron chi connectivity index (χ4n) is 3.14. The first-order chi connectivity index (χ1) is 8.43. The molecular weight excluding hydrogens is 208 g/mol. The summed E-state index contributed by atoms with van der Waals surface area (Å²) in [7, 11) is 0. The number of nitrogens with zero attached hydrogens (tertiary/aromatic N) is 1. The van der Waals surface area contributed by atoms with E-state index in [-0.39, 0.29) is 0 Å². The third-order valence-corrected chi connectivity index (χ3v) is 4.06. The highest BCUT2D eigenvalue weighted by Crippen LogP contribution is 2.26. The third-order valence-electron chi connectivity index (χ3n) is 4.06. The van der Waals surface area contributed by atoms with Crippen LogP contribution in [0.3, 0.4) is 0 Å². The molecule has 1 aromatic rings. The normalized spacial score (nSPS) is 24.5. The van der Waals surface area contributed by atoms with Gasteiger partial charge >= 0.3 is 0 Å². The Morgan fingerprint density at radius 1 is 1.18 bits per heavy atom. The Kier molecular flexibility index (Phi) is 3.32. The monoisotopic (exact) mass is 230 g/mol. The van der Waals surface area contributed by atoms with Crippen molar-refractivity contribution in [3.05, 3.63) is 29.8 Å². The lowest BCUT2D eigenvalue weighted by atomic mass is 10.1. The van der Waals surface area contributed by atoms with E-state index in [1.165, 1.54) is 57.4 Å². The lowest BCUT2D eigenvalue weighted by molar-refractivity contribution is 0.575. The Hall–Kier alpha value is -1.02. The predicted molar refractivity (Wildman–Crippen MR) is 72.6 cm³/mol. The number of aryl methyl sites for hydroxylation is 1. The fourth-order valence-corrected chi connectivity index (χ4v) is 3.14. The van der Waals surface area contributed by atoms with Crippen LogP contribution in [0, 0.1) is 0 Å². The number of benzene rings is 1. The van der Waals surface area contributed by atoms with Crippen LogP contribution in [0.15, 0.2) is 24.3 Å². The van der Waals surface area contributed by atoms with Gasteiger partial charge in [-0.15, -0.1) is 0 Å². The van der Waals surface area contributed by atoms with E-state index < -0.39 is 0 Å². The van der Waals surface area contributed by atoms with Crippen molar-refractivity contribution in [2.24, 2.45) is 0 Å². The van der Waals surface area contributed by atoms with Crippen LogP contribution in [0.5, 0.6) is 0 Å². The summed E-state index contributed by atoms with van der Waals surface area (Å²) in [6, 6.07) is 9.67. The number of nitrogens with one attached hydrogen (secondary N) is 1. The topological polar surface area (TPSA) is 15.3 Å². The van der Waals surface area contributed by atoms with E-state index in [0.717, 1.165) is 0 Å². The molecule has 1 N–H and O–H groups in total. The number of hydrogen-bond donors (Lipinski definition) is 1. The first kappa shape index (κ1) is 11.1. The van der Waals surface area contributed by atoms with Crippen LogP contribution in [-0.2, 0) is 6.42 Å². The maximum absolute atomic E-state index is 3.61. The van der Waals surface area contributed by atoms with Gasteiger partial charge in [0.2, 0.25) is 0 Å². The number of rotatable bonds is 2. The van der Waals surface area contributed by atoms with Crippen molar-refractivity contribution < 1.29 is 0 Å². The molecule has 1 saturated heterocycles. The SMILES string of the molecule is c1ccc2c(c1)CCCCN2C[C@H]1CCCN1. The first-order valence-corrected chi connectivity index (χ1v) is 7.00. The average Bonchev–Trinajstić information content (AvgIpc) is 2.78. The Labute approximate surface area is 104 Å². The van der Waals surface area contributed by atoms with Gasteiger partial charge < -0.3 is 10.2 Å². The lowest BCUT2D eigenvalue weighted by Gasteiger charge is -2.28. The van der Waals surface area contributed by atoms with E-state index in [9.17, 15) is 0 Å². The molecule has 0 radical (unpaired) electrons. The van der Waals surface area contributed by atoms with Gasteiger partial charge in [0.15, 0.2) is 0 Å². The lowest BCUT2D eigenvalue weighted by Crippen LogP contribution is -2.38. The van der Waals surface area contributed by atoms with Crippen molar-refractivity contribution in [1.82, 2.24) is 5.32 Å². The first-order valence-electron chi connectivity index (χ1n) is 7.00. The smallest absolute Gasteiger partial charge is 0.0399 e. The second-order valence-electron chi connectivity index (χ2n) is 5.33. The van der Waals surface area contributed by atoms with Crippen molar-refractivity contribution in [2.75, 3.05) is 24.5 Å². The largest absolute Gasteiger partial charge is 0.370 e. The zero-order chi connectivity index (χ0) is 11.5. The maximum atomic E-state index is 3.61. The summed E-state index contributed by atoms with van der Waals surface area (Å²) in [4.78, 5) is 2.60. The number of hydrogen-bond acceptors (Lipinski definition) is 2. The molecule has 0 aliphatic carbocycles. The molecule has 2 heteroatoms. The van der Waals surface area contributed by atoms with Gasteiger partial charge in [0.25, 0.3) is 0 Å². The van der Waals surface area contributed by atoms with Crippen LogP contribution >= 0.6 is 0 Å². The van der Waals surface area contributed by atoms with Crippen LogP contribution in [0.25, 0.3) is 0 Å². The van der Waals surface area contributed by atoms with E-state index in [1.54, 1.807) is 5.56 Å². The van der Waals surface area contributed by atoms with Crippen LogP contribution < -0.4 is 10.2 Å². The maximum Gasteiger partial charge on any atom is 0.0399 e. The second kappa shape index (κ2) is 5.09. The van der Waals surface area contributed by atoms with Crippen molar-refractivity contribution >= 4 is 5.69 Å². The molecular formula is C15H22N2. The van der Waals surface area contributed by atoms with Crippen LogP contribution in [0.2, 0.25) is 0 Å². The van der Waals surface area contributed by atoms with E-state index in [0.29, 0.717) is 6.04 Å². The van der Waals surface area contributed by atoms with Gasteiger partial charge in [-0.1, -0.05) is 18.2 Å². The molecule has 0 spiro atoms. The van der Waals surface area contributed by atoms with Crippen molar-refractivity contribution in [2.45, 2.75) is 38.1 Å². The molecule has 0 amide bonds. The standard InChI is InChI=1S/C15H22N2/c1-2-9-15-13(6-1)7-3-4-11-17(15)12-14-8-5-10-16-14/h1-2,6,9,14,16H,3-5,7-8,10-12H2/t14-/m1/s1. The van der Waals surface area contributed by atoms with E-state index >= 15 is 0 Å². The Bertz CT molecular complexity index is 369. The molecule has 2 heterocycles. The molecule has 92 valence electrons. The minimum atomic E-state index is 0.709. The summed E-state index contributed by atoms with van der Waals surface area (Å²) in [5.41, 5.74) is 3.03. The fraction of sp³-hybridized carbons (Fsp3) is 0.600. The molecule has 0 saturated carbocycles. The molecule has 2 aliphatic rings. The number of anilines is 1. The molecule has 0 unspecified atom stereocenters. The summed E-state index contributed by atoms with van der Waals surface area (Å²) >= 11 is 0. The average molecular weight is 230 g/mol. The van der Waals surface area contributed by atoms with Gasteiger partial charge in [-0.25, -0.2) is 0 Å². The molecule has 1 aromatic carbocycles. The minimum absolute atomic E-state index is 0.709. The summed E-state index contributed by atoms with van der Waals surface area (Å²) < 4.78 is 0. The molecule has 1 fully saturated rings. The van der Waals surface area contributed by atoms with Gasteiger partial charge in [-0.2, -0.15) is 0 Å². The van der Waals surface area contributed by atoms with Crippen LogP contribution in [-0.4, -0.2) is 25.7 Å². The Morgan fingerprint density at radius 3 is 3.00 bits per heavy atom. The molecule has 0 aromatic heterocycles. The molecule has 1 atom stereocenters. The Morgan fingerprint density at radius 2 is 2.12 bits per heavy atom. The molecule has 2 nitrogen and oxygen atoms in total. The number of fused-ring (bicyclic) bond motifs is 1. The van der Waals surface area contributed by atoms with Gasteiger partial charge in [-0.05, 0) is 50.3 Å². The molecule has 3 rings (SSSR count). The van der Waals surface area contributed by atoms with Crippen molar-refractivity contribution in [1.29, 1.82) is 0 Å². The minimum Gasteiger partial charge on any atom is -0.370 e. The quantitative estimate of drug-likeness (QED) is 0.840. The summed E-state index contributed by atoms with van der Waals surface area (Å²) in [6.45, 7) is 3.63. The summed E-state index contributed by atoms with van der Waals surface area (Å²) in [5, 5.41) is 3.61. The number of para-hydroxylation sites is 1. The second-order valence-corrected chi connectivity index (χ2v) is 5.33. The van der Waals surface area contributed by atoms with Crippen molar-refractivity contribution in [3.63, 3.8) is 0 Å². The van der Waals surface area contributed by atoms with E-state index in [2.05, 4.69) is 34.5 Å². The molecule has 0 bridgehead atoms. The van der Waals surface area contributed by atoms with Gasteiger partial charge in [0.1, 0.15) is 0 Å². The van der Waals surface area contributed by atoms with Gasteiger partial charge in [0.05, 0.1) is 0 Å².